The van der Waals surface area contributed by atoms with Crippen molar-refractivity contribution in [1.82, 2.24) is 10.6 Å². The van der Waals surface area contributed by atoms with Gasteiger partial charge in [0.2, 0.25) is 11.8 Å². The Morgan fingerprint density at radius 1 is 1.07 bits per heavy atom. The Labute approximate surface area is 179 Å². The van der Waals surface area contributed by atoms with E-state index < -0.39 is 35.9 Å². The highest BCUT2D eigenvalue weighted by Gasteiger charge is 2.27. The summed E-state index contributed by atoms with van der Waals surface area (Å²) in [5.41, 5.74) is 17.0. The molecule has 0 aromatic heterocycles. The van der Waals surface area contributed by atoms with Crippen molar-refractivity contribution in [2.45, 2.75) is 37.4 Å². The lowest BCUT2D eigenvalue weighted by Crippen LogP contribution is -2.55. The van der Waals surface area contributed by atoms with Crippen molar-refractivity contribution < 1.29 is 24.6 Å². The molecule has 0 radical (unpaired) electrons. The molecule has 1 aromatic rings. The lowest BCUT2D eigenvalue weighted by atomic mass is 10.1. The Balaban J connectivity index is 2.62. The summed E-state index contributed by atoms with van der Waals surface area (Å²) in [6.07, 6.45) is 0.631. The Morgan fingerprint density at radius 3 is 2.20 bits per heavy atom. The summed E-state index contributed by atoms with van der Waals surface area (Å²) in [4.78, 5) is 39.9. The van der Waals surface area contributed by atoms with Crippen molar-refractivity contribution in [2.75, 3.05) is 12.3 Å². The quantitative estimate of drug-likeness (QED) is 0.0811. The smallest absolute Gasteiger partial charge is 0.326 e. The van der Waals surface area contributed by atoms with Crippen LogP contribution in [0.2, 0.25) is 0 Å². The maximum atomic E-state index is 12.4. The van der Waals surface area contributed by atoms with Crippen LogP contribution in [0.3, 0.4) is 0 Å². The molecule has 11 nitrogen and oxygen atoms in total. The van der Waals surface area contributed by atoms with Crippen molar-refractivity contribution in [3.05, 3.63) is 29.8 Å². The number of hydrogen-bond acceptors (Lipinski definition) is 7. The van der Waals surface area contributed by atoms with E-state index in [1.165, 1.54) is 12.1 Å². The van der Waals surface area contributed by atoms with Crippen LogP contribution < -0.4 is 27.8 Å². The average Bonchev–Trinajstić information content (AvgIpc) is 2.69. The van der Waals surface area contributed by atoms with Gasteiger partial charge in [-0.05, 0) is 37.0 Å². The van der Waals surface area contributed by atoms with E-state index in [0.717, 1.165) is 5.56 Å². The number of amides is 2. The summed E-state index contributed by atoms with van der Waals surface area (Å²) in [6.45, 7) is 0.223. The fraction of sp³-hybridized carbons (Fsp3) is 0.444. The highest BCUT2D eigenvalue weighted by Crippen LogP contribution is 2.11. The second-order valence-corrected chi connectivity index (χ2v) is 6.93. The number of aliphatic carboxylic acids is 1. The summed E-state index contributed by atoms with van der Waals surface area (Å²) < 4.78 is 0. The molecule has 1 rings (SSSR count). The van der Waals surface area contributed by atoms with Crippen molar-refractivity contribution in [1.29, 1.82) is 0 Å². The molecule has 0 saturated heterocycles. The number of thiol groups is 1. The first kappa shape index (κ1) is 25.0. The van der Waals surface area contributed by atoms with E-state index in [2.05, 4.69) is 28.3 Å². The number of carbonyl (C=O) groups is 3. The van der Waals surface area contributed by atoms with E-state index in [-0.39, 0.29) is 36.8 Å². The average molecular weight is 441 g/mol. The number of phenolic OH excluding ortho intramolecular Hbond substituents is 1. The Bertz CT molecular complexity index is 754. The summed E-state index contributed by atoms with van der Waals surface area (Å²) in [7, 11) is 0. The summed E-state index contributed by atoms with van der Waals surface area (Å²) >= 11 is 4.05. The number of carboxylic acid groups (broad SMARTS) is 1. The van der Waals surface area contributed by atoms with Gasteiger partial charge in [-0.3, -0.25) is 14.6 Å². The van der Waals surface area contributed by atoms with Crippen molar-refractivity contribution >= 4 is 36.4 Å². The van der Waals surface area contributed by atoms with Gasteiger partial charge in [0.25, 0.3) is 0 Å². The third kappa shape index (κ3) is 9.01. The number of nitrogens with one attached hydrogen (secondary N) is 2. The molecule has 0 heterocycles. The minimum Gasteiger partial charge on any atom is -0.508 e. The van der Waals surface area contributed by atoms with Gasteiger partial charge in [0.1, 0.15) is 17.8 Å². The fourth-order valence-electron chi connectivity index (χ4n) is 2.48. The van der Waals surface area contributed by atoms with Crippen molar-refractivity contribution in [3.8, 4) is 5.75 Å². The van der Waals surface area contributed by atoms with Gasteiger partial charge in [-0.15, -0.1) is 0 Å². The number of carbonyl (C=O) groups excluding carboxylic acids is 2. The molecule has 0 aliphatic rings. The number of hydrogen-bond donors (Lipinski definition) is 8. The van der Waals surface area contributed by atoms with E-state index in [1.807, 2.05) is 0 Å². The van der Waals surface area contributed by atoms with Crippen LogP contribution in [0.1, 0.15) is 18.4 Å². The predicted molar refractivity (Wildman–Crippen MR) is 115 cm³/mol. The molecule has 2 amide bonds. The van der Waals surface area contributed by atoms with Crippen LogP contribution in [0.15, 0.2) is 29.3 Å². The molecule has 10 N–H and O–H groups in total. The monoisotopic (exact) mass is 440 g/mol. The number of aromatic hydroxyl groups is 1. The first-order valence-corrected chi connectivity index (χ1v) is 9.80. The lowest BCUT2D eigenvalue weighted by molar-refractivity contribution is -0.142. The van der Waals surface area contributed by atoms with Crippen LogP contribution in [-0.4, -0.2) is 64.4 Å². The highest BCUT2D eigenvalue weighted by atomic mass is 32.1. The normalized spacial score (nSPS) is 13.5. The van der Waals surface area contributed by atoms with Crippen molar-refractivity contribution in [3.63, 3.8) is 0 Å². The molecule has 0 aliphatic carbocycles. The number of phenols is 1. The first-order valence-electron chi connectivity index (χ1n) is 9.17. The molecule has 0 saturated carbocycles. The number of rotatable bonds is 12. The molecule has 1 aromatic carbocycles. The van der Waals surface area contributed by atoms with Crippen LogP contribution in [0, 0.1) is 0 Å². The second-order valence-electron chi connectivity index (χ2n) is 6.57. The van der Waals surface area contributed by atoms with E-state index in [4.69, 9.17) is 17.2 Å². The maximum Gasteiger partial charge on any atom is 0.326 e. The van der Waals surface area contributed by atoms with E-state index in [1.54, 1.807) is 12.1 Å². The lowest BCUT2D eigenvalue weighted by Gasteiger charge is -2.21. The van der Waals surface area contributed by atoms with Crippen LogP contribution in [-0.2, 0) is 20.8 Å². The molecule has 166 valence electrons. The largest absolute Gasteiger partial charge is 0.508 e. The summed E-state index contributed by atoms with van der Waals surface area (Å²) in [6, 6.07) is 3.03. The first-order chi connectivity index (χ1) is 14.1. The molecule has 0 bridgehead atoms. The standard InChI is InChI=1S/C18H28N6O5S/c19-12(8-10-3-5-11(25)6-4-10)15(26)24-14(9-30)16(27)23-13(17(28)29)2-1-7-22-18(20)21/h3-6,12-14,25,30H,1-2,7-9,19H2,(H,23,27)(H,24,26)(H,28,29)(H4,20,21,22)/t12-,13-,14-/m0/s1. The topological polar surface area (TPSA) is 206 Å². The third-order valence-electron chi connectivity index (χ3n) is 4.10. The summed E-state index contributed by atoms with van der Waals surface area (Å²) in [5.74, 6) is -2.56. The van der Waals surface area contributed by atoms with Crippen LogP contribution in [0.5, 0.6) is 5.75 Å². The number of nitrogens with zero attached hydrogens (tertiary/aromatic N) is 1. The molecule has 0 aliphatic heterocycles. The minimum absolute atomic E-state index is 0.0517. The molecular formula is C18H28N6O5S. The van der Waals surface area contributed by atoms with Gasteiger partial charge < -0.3 is 38.0 Å². The molecule has 0 spiro atoms. The zero-order chi connectivity index (χ0) is 22.7. The third-order valence-corrected chi connectivity index (χ3v) is 4.47. The van der Waals surface area contributed by atoms with Gasteiger partial charge in [0.05, 0.1) is 6.04 Å². The van der Waals surface area contributed by atoms with Crippen LogP contribution >= 0.6 is 12.6 Å². The molecule has 3 atom stereocenters. The molecule has 0 unspecified atom stereocenters. The second kappa shape index (κ2) is 12.5. The molecule has 0 fully saturated rings. The number of carboxylic acids is 1. The van der Waals surface area contributed by atoms with Gasteiger partial charge in [-0.1, -0.05) is 12.1 Å². The maximum absolute atomic E-state index is 12.4. The minimum atomic E-state index is -1.22. The zero-order valence-corrected chi connectivity index (χ0v) is 17.2. The van der Waals surface area contributed by atoms with E-state index in [9.17, 15) is 24.6 Å². The van der Waals surface area contributed by atoms with E-state index in [0.29, 0.717) is 6.42 Å². The van der Waals surface area contributed by atoms with Gasteiger partial charge in [0.15, 0.2) is 5.96 Å². The van der Waals surface area contributed by atoms with Gasteiger partial charge in [0, 0.05) is 12.3 Å². The molecule has 12 heteroatoms. The number of benzene rings is 1. The van der Waals surface area contributed by atoms with Crippen molar-refractivity contribution in [2.24, 2.45) is 22.2 Å². The number of aliphatic imine (C=N–C) groups is 1. The summed E-state index contributed by atoms with van der Waals surface area (Å²) in [5, 5.41) is 23.4. The van der Waals surface area contributed by atoms with E-state index >= 15 is 0 Å². The Kier molecular flexibility index (Phi) is 10.5. The SMILES string of the molecule is NC(N)=NCCC[C@H](NC(=O)[C@H](CS)NC(=O)[C@@H](N)Cc1ccc(O)cc1)C(=O)O. The Hall–Kier alpha value is -2.99. The fourth-order valence-corrected chi connectivity index (χ4v) is 2.74. The number of guanidine groups is 1. The van der Waals surface area contributed by atoms with Crippen LogP contribution in [0.25, 0.3) is 0 Å². The van der Waals surface area contributed by atoms with Gasteiger partial charge in [-0.2, -0.15) is 12.6 Å². The molecule has 30 heavy (non-hydrogen) atoms. The molecular weight excluding hydrogens is 412 g/mol. The van der Waals surface area contributed by atoms with Gasteiger partial charge in [-0.25, -0.2) is 4.79 Å². The zero-order valence-electron chi connectivity index (χ0n) is 16.3. The Morgan fingerprint density at radius 2 is 1.67 bits per heavy atom. The van der Waals surface area contributed by atoms with Gasteiger partial charge >= 0.3 is 5.97 Å². The van der Waals surface area contributed by atoms with Crippen LogP contribution in [0.4, 0.5) is 0 Å². The number of nitrogens with two attached hydrogens (primary N) is 3. The highest BCUT2D eigenvalue weighted by molar-refractivity contribution is 7.80. The predicted octanol–water partition coefficient (Wildman–Crippen LogP) is -1.70.